The molecule has 31 heavy (non-hydrogen) atoms. The summed E-state index contributed by atoms with van der Waals surface area (Å²) in [7, 11) is 6.12. The smallest absolute Gasteiger partial charge is 0.317 e. The molecule has 0 bridgehead atoms. The van der Waals surface area contributed by atoms with Gasteiger partial charge in [-0.3, -0.25) is 4.79 Å². The molecule has 0 N–H and O–H groups in total. The monoisotopic (exact) mass is 430 g/mol. The molecule has 3 heterocycles. The van der Waals surface area contributed by atoms with E-state index < -0.39 is 23.6 Å². The third kappa shape index (κ3) is 2.76. The molecule has 0 aliphatic carbocycles. The molecule has 0 radical (unpaired) electrons. The number of rotatable bonds is 5. The lowest BCUT2D eigenvalue weighted by Gasteiger charge is -2.41. The zero-order chi connectivity index (χ0) is 21.8. The average molecular weight is 430 g/mol. The van der Waals surface area contributed by atoms with E-state index in [1.165, 1.54) is 14.2 Å². The molecule has 5 rings (SSSR count). The van der Waals surface area contributed by atoms with Crippen LogP contribution in [0.15, 0.2) is 24.3 Å². The van der Waals surface area contributed by atoms with Gasteiger partial charge in [0.05, 0.1) is 21.3 Å². The summed E-state index contributed by atoms with van der Waals surface area (Å²) < 4.78 is 44.9. The Bertz CT molecular complexity index is 1020. The molecule has 0 aromatic heterocycles. The zero-order valence-corrected chi connectivity index (χ0v) is 17.6. The highest BCUT2D eigenvalue weighted by molar-refractivity contribution is 5.80. The Balaban J connectivity index is 1.76. The maximum Gasteiger partial charge on any atom is 0.317 e. The summed E-state index contributed by atoms with van der Waals surface area (Å²) in [5.74, 6) is 0.147. The Hall–Kier alpha value is -3.33. The highest BCUT2D eigenvalue weighted by Crippen LogP contribution is 2.56. The maximum absolute atomic E-state index is 12.9. The summed E-state index contributed by atoms with van der Waals surface area (Å²) in [4.78, 5) is 12.9. The minimum absolute atomic E-state index is 0.0260. The topological polar surface area (TPSA) is 90.9 Å². The van der Waals surface area contributed by atoms with Crippen LogP contribution in [0.1, 0.15) is 17.0 Å². The number of esters is 1. The number of methoxy groups -OCH3 is 4. The Morgan fingerprint density at radius 3 is 2.16 bits per heavy atom. The number of carbonyl (C=O) groups excluding carboxylic acids is 1. The van der Waals surface area contributed by atoms with Crippen LogP contribution in [-0.4, -0.2) is 53.6 Å². The lowest BCUT2D eigenvalue weighted by Crippen LogP contribution is -2.51. The molecule has 0 saturated carbocycles. The standard InChI is InChI=1S/C22H22O9/c1-24-16-5-11(6-17(25-2)20(16)26-3)18-12-7-14-15(30-10-29-14)8-13(12)31-22(27-4)9-28-21(23)19(18)22/h5-8,18-19H,9-10H2,1-4H3/t18-,19+,22?/m0/s1. The van der Waals surface area contributed by atoms with Crippen molar-refractivity contribution in [3.63, 3.8) is 0 Å². The molecule has 3 aliphatic rings. The van der Waals surface area contributed by atoms with Crippen molar-refractivity contribution in [2.24, 2.45) is 5.92 Å². The molecule has 1 fully saturated rings. The Kier molecular flexibility index (Phi) is 4.51. The SMILES string of the molecule is COc1cc([C@H]2c3cc4c(cc3OC3(OC)COC(=O)[C@@H]23)OCO4)cc(OC)c1OC. The van der Waals surface area contributed by atoms with Gasteiger partial charge < -0.3 is 37.9 Å². The summed E-state index contributed by atoms with van der Waals surface area (Å²) in [6, 6.07) is 7.22. The largest absolute Gasteiger partial charge is 0.493 e. The van der Waals surface area contributed by atoms with Gasteiger partial charge in [-0.2, -0.15) is 0 Å². The number of carbonyl (C=O) groups is 1. The Morgan fingerprint density at radius 2 is 1.55 bits per heavy atom. The van der Waals surface area contributed by atoms with Crippen LogP contribution < -0.4 is 28.4 Å². The fraction of sp³-hybridized carbons (Fsp3) is 0.409. The van der Waals surface area contributed by atoms with Gasteiger partial charge in [0.15, 0.2) is 29.6 Å². The van der Waals surface area contributed by atoms with E-state index in [1.54, 1.807) is 20.3 Å². The number of cyclic esters (lactones) is 1. The first-order valence-corrected chi connectivity index (χ1v) is 9.69. The molecule has 1 unspecified atom stereocenters. The quantitative estimate of drug-likeness (QED) is 0.664. The number of hydrogen-bond donors (Lipinski definition) is 0. The van der Waals surface area contributed by atoms with E-state index in [1.807, 2.05) is 18.2 Å². The van der Waals surface area contributed by atoms with Gasteiger partial charge in [0, 0.05) is 24.7 Å². The Labute approximate surface area is 178 Å². The minimum Gasteiger partial charge on any atom is -0.493 e. The van der Waals surface area contributed by atoms with Gasteiger partial charge in [-0.25, -0.2) is 0 Å². The summed E-state index contributed by atoms with van der Waals surface area (Å²) in [5.41, 5.74) is 1.50. The van der Waals surface area contributed by atoms with Gasteiger partial charge in [-0.1, -0.05) is 0 Å². The van der Waals surface area contributed by atoms with Gasteiger partial charge in [0.2, 0.25) is 12.5 Å². The van der Waals surface area contributed by atoms with E-state index in [-0.39, 0.29) is 13.4 Å². The van der Waals surface area contributed by atoms with Gasteiger partial charge in [0.25, 0.3) is 5.79 Å². The third-order valence-corrected chi connectivity index (χ3v) is 5.99. The number of benzene rings is 2. The highest BCUT2D eigenvalue weighted by Gasteiger charge is 2.61. The fourth-order valence-electron chi connectivity index (χ4n) is 4.53. The molecule has 2 aromatic rings. The summed E-state index contributed by atoms with van der Waals surface area (Å²) in [5, 5.41) is 0. The molecule has 1 saturated heterocycles. The first kappa shape index (κ1) is 19.6. The van der Waals surface area contributed by atoms with E-state index >= 15 is 0 Å². The van der Waals surface area contributed by atoms with Crippen LogP contribution in [0.2, 0.25) is 0 Å². The van der Waals surface area contributed by atoms with Crippen LogP contribution in [0.4, 0.5) is 0 Å². The predicted molar refractivity (Wildman–Crippen MR) is 105 cm³/mol. The normalized spacial score (nSPS) is 25.2. The maximum atomic E-state index is 12.9. The molecular weight excluding hydrogens is 408 g/mol. The average Bonchev–Trinajstić information content (AvgIpc) is 3.39. The van der Waals surface area contributed by atoms with E-state index in [2.05, 4.69) is 0 Å². The van der Waals surface area contributed by atoms with Gasteiger partial charge in [-0.15, -0.1) is 0 Å². The molecule has 3 aliphatic heterocycles. The van der Waals surface area contributed by atoms with Crippen molar-refractivity contribution in [2.45, 2.75) is 11.7 Å². The molecule has 0 amide bonds. The summed E-state index contributed by atoms with van der Waals surface area (Å²) in [6.45, 7) is 0.0930. The molecule has 9 nitrogen and oxygen atoms in total. The first-order chi connectivity index (χ1) is 15.0. The van der Waals surface area contributed by atoms with Crippen LogP contribution in [0.3, 0.4) is 0 Å². The van der Waals surface area contributed by atoms with Gasteiger partial charge in [-0.05, 0) is 23.8 Å². The zero-order valence-electron chi connectivity index (χ0n) is 17.6. The number of ether oxygens (including phenoxy) is 8. The molecule has 9 heteroatoms. The van der Waals surface area contributed by atoms with Crippen molar-refractivity contribution < 1.29 is 42.7 Å². The van der Waals surface area contributed by atoms with Crippen molar-refractivity contribution in [1.29, 1.82) is 0 Å². The molecule has 2 aromatic carbocycles. The highest BCUT2D eigenvalue weighted by atomic mass is 16.7. The van der Waals surface area contributed by atoms with E-state index in [0.717, 1.165) is 11.1 Å². The van der Waals surface area contributed by atoms with Crippen molar-refractivity contribution >= 4 is 5.97 Å². The van der Waals surface area contributed by atoms with Crippen LogP contribution in [0.25, 0.3) is 0 Å². The van der Waals surface area contributed by atoms with Gasteiger partial charge in [0.1, 0.15) is 11.7 Å². The van der Waals surface area contributed by atoms with E-state index in [4.69, 9.17) is 37.9 Å². The molecule has 164 valence electrons. The lowest BCUT2D eigenvalue weighted by atomic mass is 9.75. The number of hydrogen-bond acceptors (Lipinski definition) is 9. The van der Waals surface area contributed by atoms with Crippen molar-refractivity contribution in [1.82, 2.24) is 0 Å². The van der Waals surface area contributed by atoms with Gasteiger partial charge >= 0.3 is 5.97 Å². The second-order valence-electron chi connectivity index (χ2n) is 7.38. The van der Waals surface area contributed by atoms with Crippen molar-refractivity contribution in [2.75, 3.05) is 41.8 Å². The van der Waals surface area contributed by atoms with E-state index in [9.17, 15) is 4.79 Å². The third-order valence-electron chi connectivity index (χ3n) is 5.99. The molecular formula is C22H22O9. The number of fused-ring (bicyclic) bond motifs is 3. The second-order valence-corrected chi connectivity index (χ2v) is 7.38. The first-order valence-electron chi connectivity index (χ1n) is 9.69. The predicted octanol–water partition coefficient (Wildman–Crippen LogP) is 2.48. The minimum atomic E-state index is -1.27. The fourth-order valence-corrected chi connectivity index (χ4v) is 4.53. The van der Waals surface area contributed by atoms with Crippen LogP contribution in [0, 0.1) is 5.92 Å². The molecule has 0 spiro atoms. The van der Waals surface area contributed by atoms with Crippen molar-refractivity contribution in [3.05, 3.63) is 35.4 Å². The summed E-state index contributed by atoms with van der Waals surface area (Å²) >= 11 is 0. The lowest BCUT2D eigenvalue weighted by molar-refractivity contribution is -0.195. The van der Waals surface area contributed by atoms with Crippen LogP contribution in [0.5, 0.6) is 34.5 Å². The second kappa shape index (κ2) is 7.12. The van der Waals surface area contributed by atoms with E-state index in [0.29, 0.717) is 34.5 Å². The molecule has 3 atom stereocenters. The summed E-state index contributed by atoms with van der Waals surface area (Å²) in [6.07, 6.45) is 0. The van der Waals surface area contributed by atoms with Crippen LogP contribution in [-0.2, 0) is 14.3 Å². The van der Waals surface area contributed by atoms with Crippen molar-refractivity contribution in [3.8, 4) is 34.5 Å². The van der Waals surface area contributed by atoms with Crippen LogP contribution >= 0.6 is 0 Å². The Morgan fingerprint density at radius 1 is 0.871 bits per heavy atom.